The largest absolute Gasteiger partial charge is 0.469 e. The van der Waals surface area contributed by atoms with Gasteiger partial charge in [0.2, 0.25) is 0 Å². The predicted molar refractivity (Wildman–Crippen MR) is 75.8 cm³/mol. The smallest absolute Gasteiger partial charge is 0.308 e. The van der Waals surface area contributed by atoms with Gasteiger partial charge in [-0.15, -0.1) is 0 Å². The van der Waals surface area contributed by atoms with E-state index in [0.29, 0.717) is 43.2 Å². The van der Waals surface area contributed by atoms with E-state index in [-0.39, 0.29) is 17.8 Å². The molecule has 20 heavy (non-hydrogen) atoms. The molecule has 1 aromatic heterocycles. The molecular formula is C14H19ClN2O3. The molecule has 110 valence electrons. The first-order valence-electron chi connectivity index (χ1n) is 6.79. The van der Waals surface area contributed by atoms with E-state index in [1.165, 1.54) is 7.11 Å². The summed E-state index contributed by atoms with van der Waals surface area (Å²) in [6, 6.07) is 1.69. The van der Waals surface area contributed by atoms with E-state index >= 15 is 0 Å². The summed E-state index contributed by atoms with van der Waals surface area (Å²) in [7, 11) is 1.40. The minimum Gasteiger partial charge on any atom is -0.469 e. The van der Waals surface area contributed by atoms with Crippen LogP contribution in [-0.4, -0.2) is 41.5 Å². The maximum atomic E-state index is 12.5. The number of nitrogens with zero attached hydrogens (tertiary/aromatic N) is 2. The monoisotopic (exact) mass is 298 g/mol. The molecule has 0 spiro atoms. The van der Waals surface area contributed by atoms with Crippen molar-refractivity contribution < 1.29 is 14.3 Å². The number of ether oxygens (including phenoxy) is 1. The van der Waals surface area contributed by atoms with E-state index in [1.807, 2.05) is 11.5 Å². The molecular weight excluding hydrogens is 280 g/mol. The lowest BCUT2D eigenvalue weighted by Gasteiger charge is -2.30. The molecule has 0 aromatic carbocycles. The summed E-state index contributed by atoms with van der Waals surface area (Å²) < 4.78 is 6.59. The summed E-state index contributed by atoms with van der Waals surface area (Å²) in [4.78, 5) is 25.7. The van der Waals surface area contributed by atoms with E-state index < -0.39 is 0 Å². The van der Waals surface area contributed by atoms with Crippen molar-refractivity contribution in [3.63, 3.8) is 0 Å². The van der Waals surface area contributed by atoms with Crippen LogP contribution in [0.1, 0.15) is 30.3 Å². The standard InChI is InChI=1S/C14H19ClN2O3/c1-3-16-9-11(15)8-12(16)13(18)17-6-4-10(5-7-17)14(19)20-2/h8-10H,3-7H2,1-2H3. The van der Waals surface area contributed by atoms with E-state index in [0.717, 1.165) is 0 Å². The molecule has 0 radical (unpaired) electrons. The van der Waals surface area contributed by atoms with Gasteiger partial charge in [-0.25, -0.2) is 0 Å². The highest BCUT2D eigenvalue weighted by atomic mass is 35.5. The number of halogens is 1. The lowest BCUT2D eigenvalue weighted by atomic mass is 9.97. The third kappa shape index (κ3) is 2.98. The first kappa shape index (κ1) is 14.9. The van der Waals surface area contributed by atoms with Crippen LogP contribution in [0.25, 0.3) is 0 Å². The fourth-order valence-corrected chi connectivity index (χ4v) is 2.78. The van der Waals surface area contributed by atoms with Gasteiger partial charge in [-0.2, -0.15) is 0 Å². The van der Waals surface area contributed by atoms with Crippen LogP contribution in [0.5, 0.6) is 0 Å². The van der Waals surface area contributed by atoms with E-state index in [4.69, 9.17) is 16.3 Å². The van der Waals surface area contributed by atoms with Crippen LogP contribution in [0.15, 0.2) is 12.3 Å². The van der Waals surface area contributed by atoms with Crippen LogP contribution in [0.3, 0.4) is 0 Å². The minimum absolute atomic E-state index is 0.0259. The quantitative estimate of drug-likeness (QED) is 0.804. The molecule has 2 heterocycles. The first-order valence-corrected chi connectivity index (χ1v) is 7.17. The van der Waals surface area contributed by atoms with Crippen LogP contribution in [0.2, 0.25) is 5.02 Å². The topological polar surface area (TPSA) is 51.5 Å². The van der Waals surface area contributed by atoms with Gasteiger partial charge in [0, 0.05) is 25.8 Å². The van der Waals surface area contributed by atoms with Crippen LogP contribution >= 0.6 is 11.6 Å². The Kier molecular flexibility index (Phi) is 4.70. The molecule has 0 unspecified atom stereocenters. The second-order valence-electron chi connectivity index (χ2n) is 4.92. The van der Waals surface area contributed by atoms with Gasteiger partial charge in [0.1, 0.15) is 5.69 Å². The molecule has 0 N–H and O–H groups in total. The number of carbonyl (C=O) groups is 2. The first-order chi connectivity index (χ1) is 9.56. The van der Waals surface area contributed by atoms with Crippen molar-refractivity contribution in [1.82, 2.24) is 9.47 Å². The zero-order valence-electron chi connectivity index (χ0n) is 11.8. The van der Waals surface area contributed by atoms with Crippen molar-refractivity contribution in [3.05, 3.63) is 23.0 Å². The lowest BCUT2D eigenvalue weighted by Crippen LogP contribution is -2.41. The van der Waals surface area contributed by atoms with E-state index in [2.05, 4.69) is 0 Å². The molecule has 1 aliphatic heterocycles. The van der Waals surface area contributed by atoms with Crippen molar-refractivity contribution in [2.75, 3.05) is 20.2 Å². The minimum atomic E-state index is -0.183. The number of carbonyl (C=O) groups excluding carboxylic acids is 2. The molecule has 1 aromatic rings. The Balaban J connectivity index is 2.03. The molecule has 5 nitrogen and oxygen atoms in total. The number of esters is 1. The van der Waals surface area contributed by atoms with Gasteiger partial charge in [0.25, 0.3) is 5.91 Å². The fourth-order valence-electron chi connectivity index (χ4n) is 2.56. The Morgan fingerprint density at radius 3 is 2.60 bits per heavy atom. The number of hydrogen-bond acceptors (Lipinski definition) is 3. The fraction of sp³-hybridized carbons (Fsp3) is 0.571. The Bertz CT molecular complexity index is 505. The molecule has 1 aliphatic rings. The third-order valence-electron chi connectivity index (χ3n) is 3.74. The number of hydrogen-bond donors (Lipinski definition) is 0. The number of likely N-dealkylation sites (tertiary alicyclic amines) is 1. The Labute approximate surface area is 123 Å². The number of aryl methyl sites for hydroxylation is 1. The maximum Gasteiger partial charge on any atom is 0.308 e. The lowest BCUT2D eigenvalue weighted by molar-refractivity contribution is -0.146. The van der Waals surface area contributed by atoms with Crippen molar-refractivity contribution in [3.8, 4) is 0 Å². The number of methoxy groups -OCH3 is 1. The average Bonchev–Trinajstić information content (AvgIpc) is 2.87. The second-order valence-corrected chi connectivity index (χ2v) is 5.36. The highest BCUT2D eigenvalue weighted by molar-refractivity contribution is 6.31. The second kappa shape index (κ2) is 6.31. The summed E-state index contributed by atoms with van der Waals surface area (Å²) in [5.41, 5.74) is 0.606. The van der Waals surface area contributed by atoms with E-state index in [9.17, 15) is 9.59 Å². The molecule has 1 saturated heterocycles. The van der Waals surface area contributed by atoms with Gasteiger partial charge in [0.05, 0.1) is 18.1 Å². The van der Waals surface area contributed by atoms with Crippen molar-refractivity contribution in [2.24, 2.45) is 5.92 Å². The molecule has 1 fully saturated rings. The summed E-state index contributed by atoms with van der Waals surface area (Å²) in [5.74, 6) is -0.301. The molecule has 0 bridgehead atoms. The zero-order valence-corrected chi connectivity index (χ0v) is 12.5. The van der Waals surface area contributed by atoms with Crippen molar-refractivity contribution in [2.45, 2.75) is 26.3 Å². The van der Waals surface area contributed by atoms with Gasteiger partial charge in [-0.1, -0.05) is 11.6 Å². The Morgan fingerprint density at radius 2 is 2.05 bits per heavy atom. The summed E-state index contributed by atoms with van der Waals surface area (Å²) >= 11 is 5.96. The molecule has 2 rings (SSSR count). The van der Waals surface area contributed by atoms with E-state index in [1.54, 1.807) is 17.2 Å². The summed E-state index contributed by atoms with van der Waals surface area (Å²) in [6.07, 6.45) is 3.06. The SMILES string of the molecule is CCn1cc(Cl)cc1C(=O)N1CCC(C(=O)OC)CC1. The normalized spacial score (nSPS) is 16.2. The highest BCUT2D eigenvalue weighted by Gasteiger charge is 2.29. The van der Waals surface area contributed by atoms with Crippen LogP contribution in [0.4, 0.5) is 0 Å². The highest BCUT2D eigenvalue weighted by Crippen LogP contribution is 2.22. The van der Waals surface area contributed by atoms with Gasteiger partial charge in [-0.3, -0.25) is 9.59 Å². The molecule has 0 atom stereocenters. The molecule has 6 heteroatoms. The Hall–Kier alpha value is -1.49. The van der Waals surface area contributed by atoms with Crippen LogP contribution < -0.4 is 0 Å². The summed E-state index contributed by atoms with van der Waals surface area (Å²) in [6.45, 7) is 3.82. The van der Waals surface area contributed by atoms with Crippen LogP contribution in [0, 0.1) is 5.92 Å². The van der Waals surface area contributed by atoms with Crippen LogP contribution in [-0.2, 0) is 16.1 Å². The number of amides is 1. The summed E-state index contributed by atoms with van der Waals surface area (Å²) in [5, 5.41) is 0.569. The van der Waals surface area contributed by atoms with Crippen molar-refractivity contribution >= 4 is 23.5 Å². The van der Waals surface area contributed by atoms with Gasteiger partial charge in [-0.05, 0) is 25.8 Å². The molecule has 0 aliphatic carbocycles. The van der Waals surface area contributed by atoms with Crippen molar-refractivity contribution in [1.29, 1.82) is 0 Å². The number of rotatable bonds is 3. The predicted octanol–water partition coefficient (Wildman–Crippen LogP) is 2.19. The molecule has 0 saturated carbocycles. The number of aromatic nitrogens is 1. The number of piperidine rings is 1. The Morgan fingerprint density at radius 1 is 1.40 bits per heavy atom. The third-order valence-corrected chi connectivity index (χ3v) is 3.95. The maximum absolute atomic E-state index is 12.5. The van der Waals surface area contributed by atoms with Gasteiger partial charge in [0.15, 0.2) is 0 Å². The average molecular weight is 299 g/mol. The van der Waals surface area contributed by atoms with Gasteiger partial charge < -0.3 is 14.2 Å². The molecule has 1 amide bonds. The van der Waals surface area contributed by atoms with Gasteiger partial charge >= 0.3 is 5.97 Å². The zero-order chi connectivity index (χ0) is 14.7.